The summed E-state index contributed by atoms with van der Waals surface area (Å²) in [5, 5.41) is 0. The third kappa shape index (κ3) is 15.1. The molecule has 0 radical (unpaired) electrons. The van der Waals surface area contributed by atoms with Gasteiger partial charge in [-0.05, 0) is 25.0 Å². The molecule has 0 aliphatic carbocycles. The van der Waals surface area contributed by atoms with Crippen molar-refractivity contribution >= 4 is 11.4 Å². The first kappa shape index (κ1) is 32.0. The van der Waals surface area contributed by atoms with Crippen molar-refractivity contribution in [3.8, 4) is 0 Å². The number of unbranched alkanes of at least 4 members (excludes halogenated alkanes) is 22. The van der Waals surface area contributed by atoms with Crippen molar-refractivity contribution in [2.45, 2.75) is 168 Å². The van der Waals surface area contributed by atoms with Gasteiger partial charge in [0.1, 0.15) is 0 Å². The molecule has 0 fully saturated rings. The fourth-order valence-electron chi connectivity index (χ4n) is 6.03. The third-order valence-electron chi connectivity index (χ3n) is 8.47. The molecule has 1 aliphatic rings. The fourth-order valence-corrected chi connectivity index (χ4v) is 6.03. The molecule has 0 saturated heterocycles. The van der Waals surface area contributed by atoms with Crippen LogP contribution >= 0.6 is 0 Å². The Balaban J connectivity index is 1.47. The predicted octanol–water partition coefficient (Wildman–Crippen LogP) is 11.7. The summed E-state index contributed by atoms with van der Waals surface area (Å²) in [5.41, 5.74) is 2.95. The lowest BCUT2D eigenvalue weighted by Gasteiger charge is -2.22. The van der Waals surface area contributed by atoms with Crippen LogP contribution in [0.4, 0.5) is 11.4 Å². The third-order valence-corrected chi connectivity index (χ3v) is 8.47. The maximum absolute atomic E-state index is 2.64. The summed E-state index contributed by atoms with van der Waals surface area (Å²) >= 11 is 0. The van der Waals surface area contributed by atoms with Crippen LogP contribution < -0.4 is 9.80 Å². The van der Waals surface area contributed by atoms with Crippen LogP contribution in [0, 0.1) is 0 Å². The Morgan fingerprint density at radius 2 is 0.676 bits per heavy atom. The summed E-state index contributed by atoms with van der Waals surface area (Å²) in [4.78, 5) is 5.29. The Hall–Kier alpha value is -1.18. The van der Waals surface area contributed by atoms with Gasteiger partial charge in [0, 0.05) is 13.1 Å². The minimum Gasteiger partial charge on any atom is -0.352 e. The van der Waals surface area contributed by atoms with E-state index in [0.29, 0.717) is 0 Å². The van der Waals surface area contributed by atoms with Gasteiger partial charge in [0.2, 0.25) is 0 Å². The van der Waals surface area contributed by atoms with Gasteiger partial charge in [-0.25, -0.2) is 0 Å². The number of benzene rings is 1. The highest BCUT2D eigenvalue weighted by molar-refractivity contribution is 5.76. The van der Waals surface area contributed by atoms with Crippen molar-refractivity contribution in [3.05, 3.63) is 24.3 Å². The van der Waals surface area contributed by atoms with Gasteiger partial charge in [0.05, 0.1) is 18.0 Å². The second kappa shape index (κ2) is 22.8. The number of para-hydroxylation sites is 2. The van der Waals surface area contributed by atoms with Gasteiger partial charge in [0.25, 0.3) is 0 Å². The van der Waals surface area contributed by atoms with Crippen molar-refractivity contribution in [2.75, 3.05) is 29.6 Å². The van der Waals surface area contributed by atoms with E-state index in [9.17, 15) is 0 Å². The van der Waals surface area contributed by atoms with E-state index in [1.54, 1.807) is 0 Å². The summed E-state index contributed by atoms with van der Waals surface area (Å²) in [6, 6.07) is 9.14. The summed E-state index contributed by atoms with van der Waals surface area (Å²) < 4.78 is 0. The van der Waals surface area contributed by atoms with E-state index in [1.165, 1.54) is 179 Å². The summed E-state index contributed by atoms with van der Waals surface area (Å²) in [5.74, 6) is 0. The van der Waals surface area contributed by atoms with Crippen LogP contribution in [0.15, 0.2) is 24.3 Å². The smallest absolute Gasteiger partial charge is 0.0904 e. The Kier molecular flexibility index (Phi) is 19.7. The lowest BCUT2D eigenvalue weighted by molar-refractivity contribution is 0.540. The molecule has 214 valence electrons. The Morgan fingerprint density at radius 3 is 0.973 bits per heavy atom. The number of anilines is 2. The monoisotopic (exact) mass is 513 g/mol. The van der Waals surface area contributed by atoms with Gasteiger partial charge in [-0.2, -0.15) is 0 Å². The zero-order valence-electron chi connectivity index (χ0n) is 25.3. The first-order chi connectivity index (χ1) is 18.4. The van der Waals surface area contributed by atoms with Crippen LogP contribution in [0.5, 0.6) is 0 Å². The molecule has 0 spiro atoms. The van der Waals surface area contributed by atoms with E-state index in [2.05, 4.69) is 47.9 Å². The van der Waals surface area contributed by atoms with Crippen LogP contribution in [0.3, 0.4) is 0 Å². The van der Waals surface area contributed by atoms with Gasteiger partial charge < -0.3 is 9.80 Å². The van der Waals surface area contributed by atoms with Crippen molar-refractivity contribution in [1.29, 1.82) is 0 Å². The van der Waals surface area contributed by atoms with E-state index in [0.717, 1.165) is 6.67 Å². The lowest BCUT2D eigenvalue weighted by atomic mass is 10.1. The Labute approximate surface area is 233 Å². The summed E-state index contributed by atoms with van der Waals surface area (Å²) in [6.07, 6.45) is 34.3. The maximum Gasteiger partial charge on any atom is 0.0904 e. The molecule has 2 nitrogen and oxygen atoms in total. The molecule has 2 rings (SSSR count). The second-order valence-electron chi connectivity index (χ2n) is 11.9. The second-order valence-corrected chi connectivity index (χ2v) is 11.9. The zero-order chi connectivity index (χ0) is 26.2. The quantitative estimate of drug-likeness (QED) is 0.114. The number of hydrogen-bond acceptors (Lipinski definition) is 2. The molecule has 1 aromatic rings. The van der Waals surface area contributed by atoms with Crippen LogP contribution in [0.1, 0.15) is 168 Å². The van der Waals surface area contributed by atoms with E-state index < -0.39 is 0 Å². The standard InChI is InChI=1S/C35H64N2/c1-3-5-7-9-11-13-15-17-19-21-23-27-31-36-33-37(35-30-26-25-29-34(35)36)32-28-24-22-20-18-16-14-12-10-8-6-4-2/h25-26,29-30H,3-24,27-28,31-33H2,1-2H3. The molecule has 0 unspecified atom stereocenters. The first-order valence-electron chi connectivity index (χ1n) is 17.0. The molecule has 1 aromatic carbocycles. The minimum absolute atomic E-state index is 1.11. The molecule has 1 heterocycles. The van der Waals surface area contributed by atoms with Gasteiger partial charge >= 0.3 is 0 Å². The normalized spacial score (nSPS) is 13.0. The van der Waals surface area contributed by atoms with Gasteiger partial charge in [0.15, 0.2) is 0 Å². The molecular weight excluding hydrogens is 448 g/mol. The van der Waals surface area contributed by atoms with Crippen molar-refractivity contribution < 1.29 is 0 Å². The van der Waals surface area contributed by atoms with Crippen LogP contribution in [-0.2, 0) is 0 Å². The van der Waals surface area contributed by atoms with Gasteiger partial charge in [-0.3, -0.25) is 0 Å². The van der Waals surface area contributed by atoms with Crippen LogP contribution in [0.2, 0.25) is 0 Å². The highest BCUT2D eigenvalue weighted by Gasteiger charge is 2.24. The molecular formula is C35H64N2. The molecule has 37 heavy (non-hydrogen) atoms. The first-order valence-corrected chi connectivity index (χ1v) is 17.0. The Bertz CT molecular complexity index is 574. The molecule has 0 atom stereocenters. The highest BCUT2D eigenvalue weighted by Crippen LogP contribution is 2.36. The summed E-state index contributed by atoms with van der Waals surface area (Å²) in [6.45, 7) is 8.17. The number of rotatable bonds is 26. The van der Waals surface area contributed by atoms with E-state index >= 15 is 0 Å². The fraction of sp³-hybridized carbons (Fsp3) is 0.829. The molecule has 0 amide bonds. The van der Waals surface area contributed by atoms with Gasteiger partial charge in [-0.15, -0.1) is 0 Å². The molecule has 0 bridgehead atoms. The van der Waals surface area contributed by atoms with Crippen LogP contribution in [0.25, 0.3) is 0 Å². The van der Waals surface area contributed by atoms with Crippen LogP contribution in [-0.4, -0.2) is 19.8 Å². The number of fused-ring (bicyclic) bond motifs is 1. The van der Waals surface area contributed by atoms with E-state index in [1.807, 2.05) is 0 Å². The highest BCUT2D eigenvalue weighted by atomic mass is 15.4. The largest absolute Gasteiger partial charge is 0.352 e. The zero-order valence-corrected chi connectivity index (χ0v) is 25.3. The molecule has 0 N–H and O–H groups in total. The topological polar surface area (TPSA) is 6.48 Å². The van der Waals surface area contributed by atoms with E-state index in [4.69, 9.17) is 0 Å². The number of hydrogen-bond donors (Lipinski definition) is 0. The number of nitrogens with zero attached hydrogens (tertiary/aromatic N) is 2. The molecule has 0 saturated carbocycles. The van der Waals surface area contributed by atoms with Gasteiger partial charge in [-0.1, -0.05) is 167 Å². The molecule has 2 heteroatoms. The molecule has 0 aromatic heterocycles. The average Bonchev–Trinajstić information content (AvgIpc) is 3.27. The van der Waals surface area contributed by atoms with Crippen molar-refractivity contribution in [3.63, 3.8) is 0 Å². The Morgan fingerprint density at radius 1 is 0.405 bits per heavy atom. The molecule has 1 aliphatic heterocycles. The van der Waals surface area contributed by atoms with Crippen molar-refractivity contribution in [2.24, 2.45) is 0 Å². The van der Waals surface area contributed by atoms with E-state index in [-0.39, 0.29) is 0 Å². The average molecular weight is 513 g/mol. The summed E-state index contributed by atoms with van der Waals surface area (Å²) in [7, 11) is 0. The SMILES string of the molecule is CCCCCCCCCCCCCCN1CN(CCCCCCCCCCCCCC)c2ccccc21. The maximum atomic E-state index is 2.64. The lowest BCUT2D eigenvalue weighted by Crippen LogP contribution is -2.32. The van der Waals surface area contributed by atoms with Crippen molar-refractivity contribution in [1.82, 2.24) is 0 Å². The predicted molar refractivity (Wildman–Crippen MR) is 168 cm³/mol. The minimum atomic E-state index is 1.11.